The third-order valence-electron chi connectivity index (χ3n) is 2.08. The Balaban J connectivity index is 3.01. The number of carbonyl (C=O) groups excluding carboxylic acids is 1. The molecule has 0 heterocycles. The highest BCUT2D eigenvalue weighted by Crippen LogP contribution is 2.29. The van der Waals surface area contributed by atoms with Crippen LogP contribution < -0.4 is 10.1 Å². The largest absolute Gasteiger partial charge is 0.573 e. The summed E-state index contributed by atoms with van der Waals surface area (Å²) in [5.74, 6) is -2.53. The van der Waals surface area contributed by atoms with E-state index in [4.69, 9.17) is 9.84 Å². The molecule has 1 aromatic carbocycles. The third-order valence-corrected chi connectivity index (χ3v) is 2.08. The Labute approximate surface area is 123 Å². The molecule has 122 valence electrons. The maximum absolute atomic E-state index is 12.3. The highest BCUT2D eigenvalue weighted by molar-refractivity contribution is 5.93. The normalized spacial score (nSPS) is 11.7. The van der Waals surface area contributed by atoms with Gasteiger partial charge in [0.05, 0.1) is 0 Å². The number of carboxylic acid groups (broad SMARTS) is 1. The van der Waals surface area contributed by atoms with Crippen molar-refractivity contribution in [2.24, 2.45) is 0 Å². The predicted molar refractivity (Wildman–Crippen MR) is 69.9 cm³/mol. The van der Waals surface area contributed by atoms with Gasteiger partial charge in [-0.15, -0.1) is 13.2 Å². The van der Waals surface area contributed by atoms with E-state index in [2.05, 4.69) is 10.1 Å². The highest BCUT2D eigenvalue weighted by atomic mass is 19.4. The zero-order chi connectivity index (χ0) is 17.1. The van der Waals surface area contributed by atoms with Crippen molar-refractivity contribution >= 4 is 17.7 Å². The van der Waals surface area contributed by atoms with Crippen LogP contribution in [0, 0.1) is 0 Å². The van der Waals surface area contributed by atoms with E-state index >= 15 is 0 Å². The van der Waals surface area contributed by atoms with Gasteiger partial charge in [-0.1, -0.05) is 0 Å². The minimum absolute atomic E-state index is 0.0986. The minimum atomic E-state index is -5.06. The molecule has 2 N–H and O–H groups in total. The molecule has 0 aliphatic carbocycles. The second kappa shape index (κ2) is 6.12. The van der Waals surface area contributed by atoms with Crippen LogP contribution in [-0.2, 0) is 4.74 Å². The second-order valence-electron chi connectivity index (χ2n) is 5.19. The highest BCUT2D eigenvalue weighted by Gasteiger charge is 2.33. The molecule has 0 spiro atoms. The number of rotatable bonds is 3. The average molecular weight is 321 g/mol. The molecule has 0 saturated heterocycles. The van der Waals surface area contributed by atoms with Crippen molar-refractivity contribution in [3.63, 3.8) is 0 Å². The zero-order valence-corrected chi connectivity index (χ0v) is 11.9. The van der Waals surface area contributed by atoms with E-state index in [0.717, 1.165) is 18.2 Å². The third kappa shape index (κ3) is 5.90. The van der Waals surface area contributed by atoms with Crippen LogP contribution in [0.15, 0.2) is 18.2 Å². The summed E-state index contributed by atoms with van der Waals surface area (Å²) in [6, 6.07) is 2.76. The molecule has 0 atom stereocenters. The Morgan fingerprint density at radius 3 is 2.23 bits per heavy atom. The maximum atomic E-state index is 12.3. The van der Waals surface area contributed by atoms with Crippen LogP contribution >= 0.6 is 0 Å². The van der Waals surface area contributed by atoms with Crippen molar-refractivity contribution in [2.45, 2.75) is 32.7 Å². The van der Waals surface area contributed by atoms with E-state index < -0.39 is 35.3 Å². The van der Waals surface area contributed by atoms with Gasteiger partial charge in [-0.3, -0.25) is 5.32 Å². The quantitative estimate of drug-likeness (QED) is 0.888. The first kappa shape index (κ1) is 17.6. The first-order valence-electron chi connectivity index (χ1n) is 6.00. The average Bonchev–Trinajstić information content (AvgIpc) is 2.23. The van der Waals surface area contributed by atoms with E-state index in [0.29, 0.717) is 0 Å². The van der Waals surface area contributed by atoms with Crippen molar-refractivity contribution < 1.29 is 37.3 Å². The lowest BCUT2D eigenvalue weighted by Crippen LogP contribution is -2.27. The number of carboxylic acids is 1. The fourth-order valence-corrected chi connectivity index (χ4v) is 1.41. The zero-order valence-electron chi connectivity index (χ0n) is 11.9. The summed E-state index contributed by atoms with van der Waals surface area (Å²) in [6.45, 7) is 4.83. The topological polar surface area (TPSA) is 84.9 Å². The summed E-state index contributed by atoms with van der Waals surface area (Å²) in [4.78, 5) is 22.4. The van der Waals surface area contributed by atoms with Gasteiger partial charge in [-0.05, 0) is 32.9 Å². The van der Waals surface area contributed by atoms with E-state index in [1.807, 2.05) is 0 Å². The smallest absolute Gasteiger partial charge is 0.478 e. The first-order chi connectivity index (χ1) is 9.87. The Kier molecular flexibility index (Phi) is 4.90. The molecule has 9 heteroatoms. The number of halogens is 3. The van der Waals surface area contributed by atoms with E-state index in [-0.39, 0.29) is 5.69 Å². The fourth-order valence-electron chi connectivity index (χ4n) is 1.41. The summed E-state index contributed by atoms with van der Waals surface area (Å²) in [6.07, 6.45) is -5.96. The van der Waals surface area contributed by atoms with E-state index in [1.54, 1.807) is 20.8 Å². The molecule has 0 fully saturated rings. The molecule has 0 saturated carbocycles. The van der Waals surface area contributed by atoms with Gasteiger partial charge in [0, 0.05) is 11.8 Å². The van der Waals surface area contributed by atoms with Crippen LogP contribution in [0.25, 0.3) is 0 Å². The number of hydrogen-bond donors (Lipinski definition) is 2. The summed E-state index contributed by atoms with van der Waals surface area (Å²) in [5.41, 5.74) is -1.58. The molecule has 0 aromatic heterocycles. The Bertz CT molecular complexity index is 578. The molecule has 1 amide bonds. The van der Waals surface area contributed by atoms with Crippen LogP contribution in [0.1, 0.15) is 31.1 Å². The van der Waals surface area contributed by atoms with Gasteiger partial charge in [0.2, 0.25) is 0 Å². The number of aromatic carboxylic acids is 1. The second-order valence-corrected chi connectivity index (χ2v) is 5.19. The van der Waals surface area contributed by atoms with Gasteiger partial charge in [-0.25, -0.2) is 9.59 Å². The van der Waals surface area contributed by atoms with Crippen molar-refractivity contribution in [2.75, 3.05) is 5.32 Å². The molecule has 1 rings (SSSR count). The maximum Gasteiger partial charge on any atom is 0.573 e. The Morgan fingerprint density at radius 1 is 1.18 bits per heavy atom. The lowest BCUT2D eigenvalue weighted by Gasteiger charge is -2.20. The summed E-state index contributed by atoms with van der Waals surface area (Å²) in [7, 11) is 0. The van der Waals surface area contributed by atoms with Gasteiger partial charge in [0.1, 0.15) is 16.9 Å². The van der Waals surface area contributed by atoms with E-state index in [1.165, 1.54) is 0 Å². The molecule has 0 bridgehead atoms. The number of ether oxygens (including phenoxy) is 2. The van der Waals surface area contributed by atoms with Gasteiger partial charge >= 0.3 is 18.4 Å². The van der Waals surface area contributed by atoms with Crippen LogP contribution in [-0.4, -0.2) is 29.1 Å². The predicted octanol–water partition coefficient (Wildman–Crippen LogP) is 3.63. The van der Waals surface area contributed by atoms with Gasteiger partial charge in [-0.2, -0.15) is 0 Å². The molecule has 6 nitrogen and oxygen atoms in total. The van der Waals surface area contributed by atoms with Crippen LogP contribution in [0.4, 0.5) is 23.7 Å². The molecule has 0 unspecified atom stereocenters. The van der Waals surface area contributed by atoms with Crippen LogP contribution in [0.5, 0.6) is 5.75 Å². The van der Waals surface area contributed by atoms with Gasteiger partial charge in [0.25, 0.3) is 0 Å². The SMILES string of the molecule is CC(C)(C)OC(=O)Nc1ccc(C(=O)O)c(OC(F)(F)F)c1. The number of alkyl halides is 3. The summed E-state index contributed by atoms with van der Waals surface area (Å²) >= 11 is 0. The van der Waals surface area contributed by atoms with Crippen molar-refractivity contribution in [3.8, 4) is 5.75 Å². The lowest BCUT2D eigenvalue weighted by atomic mass is 10.2. The number of amides is 1. The van der Waals surface area contributed by atoms with Gasteiger partial charge in [0.15, 0.2) is 0 Å². The fraction of sp³-hybridized carbons (Fsp3) is 0.385. The molecule has 0 radical (unpaired) electrons. The van der Waals surface area contributed by atoms with Crippen molar-refractivity contribution in [3.05, 3.63) is 23.8 Å². The molecule has 1 aromatic rings. The van der Waals surface area contributed by atoms with Gasteiger partial charge < -0.3 is 14.6 Å². The summed E-state index contributed by atoms with van der Waals surface area (Å²) < 4.78 is 45.4. The number of carbonyl (C=O) groups is 2. The number of anilines is 1. The first-order valence-corrected chi connectivity index (χ1v) is 6.00. The number of nitrogens with one attached hydrogen (secondary N) is 1. The van der Waals surface area contributed by atoms with Crippen LogP contribution in [0.2, 0.25) is 0 Å². The Morgan fingerprint density at radius 2 is 1.77 bits per heavy atom. The minimum Gasteiger partial charge on any atom is -0.478 e. The monoisotopic (exact) mass is 321 g/mol. The molecule has 0 aliphatic rings. The Hall–Kier alpha value is -2.45. The number of hydrogen-bond acceptors (Lipinski definition) is 4. The lowest BCUT2D eigenvalue weighted by molar-refractivity contribution is -0.274. The van der Waals surface area contributed by atoms with Crippen LogP contribution in [0.3, 0.4) is 0 Å². The standard InChI is InChI=1S/C13H14F3NO5/c1-12(2,3)22-11(20)17-7-4-5-8(10(18)19)9(6-7)21-13(14,15)16/h4-6H,1-3H3,(H,17,20)(H,18,19). The van der Waals surface area contributed by atoms with E-state index in [9.17, 15) is 22.8 Å². The number of benzene rings is 1. The van der Waals surface area contributed by atoms with Crippen molar-refractivity contribution in [1.82, 2.24) is 0 Å². The molecule has 22 heavy (non-hydrogen) atoms. The molecular formula is C13H14F3NO5. The summed E-state index contributed by atoms with van der Waals surface area (Å²) in [5, 5.41) is 11.0. The molecule has 0 aliphatic heterocycles. The molecular weight excluding hydrogens is 307 g/mol. The van der Waals surface area contributed by atoms with Crippen molar-refractivity contribution in [1.29, 1.82) is 0 Å².